The SMILES string of the molecule is C[C@@]1(O)CCN(C(=O)Cc2csc(-c3ccccc3Cl)n2)C1. The van der Waals surface area contributed by atoms with Gasteiger partial charge in [0.1, 0.15) is 5.01 Å². The van der Waals surface area contributed by atoms with E-state index in [0.717, 1.165) is 16.3 Å². The van der Waals surface area contributed by atoms with Gasteiger partial charge in [-0.2, -0.15) is 0 Å². The number of carbonyl (C=O) groups is 1. The smallest absolute Gasteiger partial charge is 0.228 e. The Kier molecular flexibility index (Phi) is 4.21. The van der Waals surface area contributed by atoms with Crippen molar-refractivity contribution in [3.63, 3.8) is 0 Å². The number of benzene rings is 1. The predicted octanol–water partition coefficient (Wildman–Crippen LogP) is 2.99. The van der Waals surface area contributed by atoms with E-state index in [0.29, 0.717) is 24.5 Å². The van der Waals surface area contributed by atoms with Gasteiger partial charge in [0.15, 0.2) is 0 Å². The molecule has 2 heterocycles. The van der Waals surface area contributed by atoms with Crippen LogP contribution in [0.25, 0.3) is 10.6 Å². The molecule has 0 unspecified atom stereocenters. The Morgan fingerprint density at radius 3 is 2.95 bits per heavy atom. The lowest BCUT2D eigenvalue weighted by Crippen LogP contribution is -2.34. The van der Waals surface area contributed by atoms with Crippen LogP contribution in [0.2, 0.25) is 5.02 Å². The summed E-state index contributed by atoms with van der Waals surface area (Å²) in [6.07, 6.45) is 0.887. The van der Waals surface area contributed by atoms with Crippen molar-refractivity contribution in [1.82, 2.24) is 9.88 Å². The van der Waals surface area contributed by atoms with Gasteiger partial charge in [-0.3, -0.25) is 4.79 Å². The van der Waals surface area contributed by atoms with Crippen LogP contribution in [0.15, 0.2) is 29.6 Å². The number of nitrogens with zero attached hydrogens (tertiary/aromatic N) is 2. The minimum Gasteiger partial charge on any atom is -0.388 e. The fourth-order valence-electron chi connectivity index (χ4n) is 2.57. The van der Waals surface area contributed by atoms with Crippen molar-refractivity contribution in [2.75, 3.05) is 13.1 Å². The van der Waals surface area contributed by atoms with Crippen molar-refractivity contribution in [2.24, 2.45) is 0 Å². The minimum absolute atomic E-state index is 0.00813. The lowest BCUT2D eigenvalue weighted by atomic mass is 10.1. The monoisotopic (exact) mass is 336 g/mol. The molecule has 0 aliphatic carbocycles. The summed E-state index contributed by atoms with van der Waals surface area (Å²) in [6, 6.07) is 7.54. The summed E-state index contributed by atoms with van der Waals surface area (Å²) >= 11 is 7.66. The number of likely N-dealkylation sites (tertiary alicyclic amines) is 1. The van der Waals surface area contributed by atoms with Crippen molar-refractivity contribution in [3.05, 3.63) is 40.4 Å². The highest BCUT2D eigenvalue weighted by Crippen LogP contribution is 2.30. The Morgan fingerprint density at radius 2 is 2.27 bits per heavy atom. The van der Waals surface area contributed by atoms with Gasteiger partial charge in [0.2, 0.25) is 5.91 Å². The third kappa shape index (κ3) is 3.32. The van der Waals surface area contributed by atoms with Gasteiger partial charge in [-0.1, -0.05) is 29.8 Å². The molecule has 0 spiro atoms. The van der Waals surface area contributed by atoms with E-state index in [1.807, 2.05) is 29.6 Å². The molecule has 1 N–H and O–H groups in total. The first kappa shape index (κ1) is 15.5. The van der Waals surface area contributed by atoms with Crippen LogP contribution in [-0.4, -0.2) is 39.6 Å². The van der Waals surface area contributed by atoms with E-state index in [9.17, 15) is 9.90 Å². The van der Waals surface area contributed by atoms with Crippen LogP contribution in [-0.2, 0) is 11.2 Å². The van der Waals surface area contributed by atoms with E-state index in [-0.39, 0.29) is 12.3 Å². The van der Waals surface area contributed by atoms with E-state index in [1.54, 1.807) is 11.8 Å². The quantitative estimate of drug-likeness (QED) is 0.937. The summed E-state index contributed by atoms with van der Waals surface area (Å²) in [7, 11) is 0. The molecule has 22 heavy (non-hydrogen) atoms. The number of thiazole rings is 1. The number of β-amino-alcohol motifs (C(OH)–C–C–N with tert-alkyl or cyclic N) is 1. The Hall–Kier alpha value is -1.43. The Labute approximate surface area is 138 Å². The van der Waals surface area contributed by atoms with Gasteiger partial charge < -0.3 is 10.0 Å². The zero-order chi connectivity index (χ0) is 15.7. The molecule has 6 heteroatoms. The number of halogens is 1. The fourth-order valence-corrected chi connectivity index (χ4v) is 3.71. The maximum atomic E-state index is 12.3. The van der Waals surface area contributed by atoms with Crippen LogP contribution in [0, 0.1) is 0 Å². The molecule has 116 valence electrons. The highest BCUT2D eigenvalue weighted by Gasteiger charge is 2.33. The summed E-state index contributed by atoms with van der Waals surface area (Å²) in [6.45, 7) is 2.76. The van der Waals surface area contributed by atoms with E-state index >= 15 is 0 Å². The highest BCUT2D eigenvalue weighted by molar-refractivity contribution is 7.13. The van der Waals surface area contributed by atoms with Crippen molar-refractivity contribution >= 4 is 28.8 Å². The minimum atomic E-state index is -0.763. The Morgan fingerprint density at radius 1 is 1.50 bits per heavy atom. The molecule has 1 aliphatic rings. The third-order valence-corrected chi connectivity index (χ3v) is 5.05. The van der Waals surface area contributed by atoms with Gasteiger partial charge >= 0.3 is 0 Å². The fraction of sp³-hybridized carbons (Fsp3) is 0.375. The Balaban J connectivity index is 1.70. The van der Waals surface area contributed by atoms with Gasteiger partial charge in [-0.25, -0.2) is 4.98 Å². The van der Waals surface area contributed by atoms with E-state index in [4.69, 9.17) is 11.6 Å². The van der Waals surface area contributed by atoms with Crippen LogP contribution in [0.5, 0.6) is 0 Å². The van der Waals surface area contributed by atoms with Crippen LogP contribution in [0.4, 0.5) is 0 Å². The Bertz CT molecular complexity index is 699. The zero-order valence-electron chi connectivity index (χ0n) is 12.3. The lowest BCUT2D eigenvalue weighted by molar-refractivity contribution is -0.130. The van der Waals surface area contributed by atoms with E-state index in [2.05, 4.69) is 4.98 Å². The lowest BCUT2D eigenvalue weighted by Gasteiger charge is -2.18. The van der Waals surface area contributed by atoms with Gasteiger partial charge in [-0.15, -0.1) is 11.3 Å². The summed E-state index contributed by atoms with van der Waals surface area (Å²) in [5, 5.41) is 13.3. The van der Waals surface area contributed by atoms with Gasteiger partial charge in [0.05, 0.1) is 22.7 Å². The number of amides is 1. The molecule has 1 amide bonds. The van der Waals surface area contributed by atoms with E-state index < -0.39 is 5.60 Å². The maximum Gasteiger partial charge on any atom is 0.228 e. The first-order chi connectivity index (χ1) is 10.4. The van der Waals surface area contributed by atoms with Crippen LogP contribution < -0.4 is 0 Å². The molecule has 1 aromatic heterocycles. The molecule has 1 aromatic carbocycles. The van der Waals surface area contributed by atoms with Gasteiger partial charge in [-0.05, 0) is 19.4 Å². The van der Waals surface area contributed by atoms with Crippen molar-refractivity contribution in [3.8, 4) is 10.6 Å². The first-order valence-corrected chi connectivity index (χ1v) is 8.40. The molecule has 0 saturated carbocycles. The van der Waals surface area contributed by atoms with Crippen molar-refractivity contribution in [2.45, 2.75) is 25.4 Å². The average molecular weight is 337 g/mol. The maximum absolute atomic E-state index is 12.3. The van der Waals surface area contributed by atoms with Gasteiger partial charge in [0, 0.05) is 24.0 Å². The molecule has 0 radical (unpaired) electrons. The molecule has 1 fully saturated rings. The molecule has 3 rings (SSSR count). The normalized spacial score (nSPS) is 21.3. The number of carbonyl (C=O) groups excluding carboxylic acids is 1. The molecule has 1 saturated heterocycles. The second-order valence-electron chi connectivity index (χ2n) is 5.86. The van der Waals surface area contributed by atoms with Crippen LogP contribution in [0.1, 0.15) is 19.0 Å². The number of aromatic nitrogens is 1. The first-order valence-electron chi connectivity index (χ1n) is 7.14. The molecule has 4 nitrogen and oxygen atoms in total. The summed E-state index contributed by atoms with van der Waals surface area (Å²) in [5.74, 6) is 0.00813. The third-order valence-electron chi connectivity index (χ3n) is 3.79. The predicted molar refractivity (Wildman–Crippen MR) is 88.1 cm³/mol. The molecule has 1 atom stereocenters. The number of hydrogen-bond acceptors (Lipinski definition) is 4. The van der Waals surface area contributed by atoms with E-state index in [1.165, 1.54) is 11.3 Å². The zero-order valence-corrected chi connectivity index (χ0v) is 13.8. The number of aliphatic hydroxyl groups is 1. The molecular weight excluding hydrogens is 320 g/mol. The summed E-state index contributed by atoms with van der Waals surface area (Å²) < 4.78 is 0. The van der Waals surface area contributed by atoms with Crippen molar-refractivity contribution < 1.29 is 9.90 Å². The number of hydrogen-bond donors (Lipinski definition) is 1. The summed E-state index contributed by atoms with van der Waals surface area (Å²) in [4.78, 5) is 18.5. The second-order valence-corrected chi connectivity index (χ2v) is 7.13. The summed E-state index contributed by atoms with van der Waals surface area (Å²) in [5.41, 5.74) is 0.869. The van der Waals surface area contributed by atoms with Crippen LogP contribution in [0.3, 0.4) is 0 Å². The second kappa shape index (κ2) is 5.99. The molecular formula is C16H17ClN2O2S. The van der Waals surface area contributed by atoms with Crippen LogP contribution >= 0.6 is 22.9 Å². The topological polar surface area (TPSA) is 53.4 Å². The molecule has 1 aliphatic heterocycles. The standard InChI is InChI=1S/C16H17ClN2O2S/c1-16(21)6-7-19(10-16)14(20)8-11-9-22-15(18-11)12-4-2-3-5-13(12)17/h2-5,9,21H,6-8,10H2,1H3/t16-/m1/s1. The number of rotatable bonds is 3. The molecule has 0 bridgehead atoms. The largest absolute Gasteiger partial charge is 0.388 e. The molecule has 2 aromatic rings. The highest BCUT2D eigenvalue weighted by atomic mass is 35.5. The van der Waals surface area contributed by atoms with Crippen molar-refractivity contribution in [1.29, 1.82) is 0 Å². The average Bonchev–Trinajstić information content (AvgIpc) is 3.06. The van der Waals surface area contributed by atoms with Gasteiger partial charge in [0.25, 0.3) is 0 Å².